The Labute approximate surface area is 141 Å². The molecule has 2 aromatic heterocycles. The zero-order valence-corrected chi connectivity index (χ0v) is 14.5. The van der Waals surface area contributed by atoms with Crippen LogP contribution in [0.2, 0.25) is 0 Å². The van der Waals surface area contributed by atoms with Crippen LogP contribution in [0.3, 0.4) is 0 Å². The number of halogens is 2. The van der Waals surface area contributed by atoms with E-state index in [0.29, 0.717) is 10.2 Å². The van der Waals surface area contributed by atoms with Crippen molar-refractivity contribution >= 4 is 55.1 Å². The van der Waals surface area contributed by atoms with E-state index in [2.05, 4.69) is 47.1 Å². The van der Waals surface area contributed by atoms with E-state index >= 15 is 0 Å². The molecule has 0 unspecified atom stereocenters. The van der Waals surface area contributed by atoms with Crippen molar-refractivity contribution in [1.82, 2.24) is 15.3 Å². The van der Waals surface area contributed by atoms with E-state index in [1.54, 1.807) is 17.6 Å². The van der Waals surface area contributed by atoms with Crippen molar-refractivity contribution < 1.29 is 14.3 Å². The number of hydrogen-bond acceptors (Lipinski definition) is 6. The molecular weight excluding hydrogens is 426 g/mol. The summed E-state index contributed by atoms with van der Waals surface area (Å²) in [4.78, 5) is 31.2. The average Bonchev–Trinajstić information content (AvgIpc) is 2.90. The summed E-state index contributed by atoms with van der Waals surface area (Å²) in [7, 11) is 0. The molecular formula is C12H9Br2N3O3S. The highest BCUT2D eigenvalue weighted by Crippen LogP contribution is 2.15. The molecule has 21 heavy (non-hydrogen) atoms. The molecule has 1 amide bonds. The van der Waals surface area contributed by atoms with Crippen LogP contribution >= 0.6 is 43.2 Å². The zero-order valence-electron chi connectivity index (χ0n) is 10.5. The smallest absolute Gasteiger partial charge is 0.367 e. The van der Waals surface area contributed by atoms with Gasteiger partial charge < -0.3 is 10.1 Å². The molecule has 2 aromatic rings. The summed E-state index contributed by atoms with van der Waals surface area (Å²) in [6.07, 6.45) is 3.05. The molecule has 0 spiro atoms. The molecule has 0 saturated heterocycles. The van der Waals surface area contributed by atoms with Crippen LogP contribution in [0.1, 0.15) is 20.2 Å². The van der Waals surface area contributed by atoms with Crippen LogP contribution in [0.25, 0.3) is 0 Å². The van der Waals surface area contributed by atoms with Crippen molar-refractivity contribution in [3.05, 3.63) is 43.5 Å². The van der Waals surface area contributed by atoms with Gasteiger partial charge in [-0.25, -0.2) is 9.78 Å². The Morgan fingerprint density at radius 1 is 1.33 bits per heavy atom. The van der Waals surface area contributed by atoms with Gasteiger partial charge in [0.1, 0.15) is 11.2 Å². The molecule has 9 heteroatoms. The largest absolute Gasteiger partial charge is 0.458 e. The quantitative estimate of drug-likeness (QED) is 0.577. The van der Waals surface area contributed by atoms with Crippen LogP contribution in [0.4, 0.5) is 0 Å². The van der Waals surface area contributed by atoms with Crippen molar-refractivity contribution in [2.45, 2.75) is 0 Å². The van der Waals surface area contributed by atoms with Crippen molar-refractivity contribution in [3.63, 3.8) is 0 Å². The monoisotopic (exact) mass is 433 g/mol. The highest BCUT2D eigenvalue weighted by molar-refractivity contribution is 9.10. The Kier molecular flexibility index (Phi) is 5.83. The summed E-state index contributed by atoms with van der Waals surface area (Å²) in [5.41, 5.74) is 0.430. The number of nitrogens with one attached hydrogen (secondary N) is 1. The van der Waals surface area contributed by atoms with Gasteiger partial charge in [0.15, 0.2) is 0 Å². The van der Waals surface area contributed by atoms with Gasteiger partial charge in [-0.3, -0.25) is 9.78 Å². The Hall–Kier alpha value is -1.32. The molecule has 2 rings (SSSR count). The maximum absolute atomic E-state index is 11.8. The van der Waals surface area contributed by atoms with Crippen LogP contribution in [0, 0.1) is 0 Å². The van der Waals surface area contributed by atoms with Gasteiger partial charge in [-0.05, 0) is 37.9 Å². The lowest BCUT2D eigenvalue weighted by Gasteiger charge is -2.05. The Morgan fingerprint density at radius 3 is 2.81 bits per heavy atom. The van der Waals surface area contributed by atoms with E-state index in [-0.39, 0.29) is 24.1 Å². The van der Waals surface area contributed by atoms with Gasteiger partial charge in [0.05, 0.1) is 12.1 Å². The fourth-order valence-electron chi connectivity index (χ4n) is 1.36. The second kappa shape index (κ2) is 7.62. The predicted molar refractivity (Wildman–Crippen MR) is 84.4 cm³/mol. The molecule has 0 aliphatic heterocycles. The second-order valence-electron chi connectivity index (χ2n) is 3.76. The average molecular weight is 435 g/mol. The van der Waals surface area contributed by atoms with E-state index in [0.717, 1.165) is 4.47 Å². The van der Waals surface area contributed by atoms with Gasteiger partial charge in [0.25, 0.3) is 5.91 Å². The van der Waals surface area contributed by atoms with Gasteiger partial charge in [-0.1, -0.05) is 0 Å². The van der Waals surface area contributed by atoms with Crippen molar-refractivity contribution in [2.75, 3.05) is 13.2 Å². The predicted octanol–water partition coefficient (Wildman–Crippen LogP) is 2.65. The number of thiazole rings is 1. The van der Waals surface area contributed by atoms with E-state index in [1.807, 2.05) is 0 Å². The lowest BCUT2D eigenvalue weighted by molar-refractivity contribution is 0.0502. The molecule has 0 bridgehead atoms. The lowest BCUT2D eigenvalue weighted by atomic mass is 10.3. The summed E-state index contributed by atoms with van der Waals surface area (Å²) in [5.74, 6) is -0.791. The van der Waals surface area contributed by atoms with Crippen LogP contribution in [-0.4, -0.2) is 35.0 Å². The van der Waals surface area contributed by atoms with Gasteiger partial charge in [0.2, 0.25) is 5.01 Å². The zero-order chi connectivity index (χ0) is 15.2. The molecule has 0 radical (unpaired) electrons. The summed E-state index contributed by atoms with van der Waals surface area (Å²) < 4.78 is 6.31. The highest BCUT2D eigenvalue weighted by Gasteiger charge is 2.12. The van der Waals surface area contributed by atoms with Gasteiger partial charge in [0, 0.05) is 22.2 Å². The van der Waals surface area contributed by atoms with Crippen molar-refractivity contribution in [2.24, 2.45) is 0 Å². The topological polar surface area (TPSA) is 81.2 Å². The fourth-order valence-corrected chi connectivity index (χ4v) is 2.86. The van der Waals surface area contributed by atoms with E-state index in [4.69, 9.17) is 4.74 Å². The fraction of sp³-hybridized carbons (Fsp3) is 0.167. The van der Waals surface area contributed by atoms with Crippen LogP contribution in [0.5, 0.6) is 0 Å². The summed E-state index contributed by atoms with van der Waals surface area (Å²) in [6.45, 7) is 0.285. The first-order valence-corrected chi connectivity index (χ1v) is 8.20. The minimum atomic E-state index is -0.510. The van der Waals surface area contributed by atoms with E-state index in [1.165, 1.54) is 17.5 Å². The summed E-state index contributed by atoms with van der Waals surface area (Å²) >= 11 is 7.58. The molecule has 0 saturated carbocycles. The van der Waals surface area contributed by atoms with Crippen molar-refractivity contribution in [1.29, 1.82) is 0 Å². The SMILES string of the molecule is O=C(NCCOC(=O)c1nc(Br)cs1)c1cncc(Br)c1. The molecule has 0 aliphatic rings. The number of ether oxygens (including phenoxy) is 1. The van der Waals surface area contributed by atoms with Gasteiger partial charge >= 0.3 is 5.97 Å². The molecule has 0 atom stereocenters. The van der Waals surface area contributed by atoms with Crippen LogP contribution in [-0.2, 0) is 4.74 Å². The first-order chi connectivity index (χ1) is 10.1. The van der Waals surface area contributed by atoms with Gasteiger partial charge in [-0.2, -0.15) is 0 Å². The Balaban J connectivity index is 1.75. The minimum absolute atomic E-state index is 0.0726. The number of esters is 1. The number of aromatic nitrogens is 2. The van der Waals surface area contributed by atoms with Crippen molar-refractivity contribution in [3.8, 4) is 0 Å². The number of nitrogens with zero attached hydrogens (tertiary/aromatic N) is 2. The molecule has 2 heterocycles. The number of hydrogen-bond donors (Lipinski definition) is 1. The standard InChI is InChI=1S/C12H9Br2N3O3S/c13-8-3-7(4-15-5-8)10(18)16-1-2-20-12(19)11-17-9(14)6-21-11/h3-6H,1-2H2,(H,16,18). The number of carbonyl (C=O) groups excluding carboxylic acids is 2. The summed E-state index contributed by atoms with van der Waals surface area (Å²) in [6, 6.07) is 1.65. The third-order valence-corrected chi connectivity index (χ3v) is 4.20. The lowest BCUT2D eigenvalue weighted by Crippen LogP contribution is -2.28. The molecule has 0 aromatic carbocycles. The normalized spacial score (nSPS) is 10.2. The number of carbonyl (C=O) groups is 2. The highest BCUT2D eigenvalue weighted by atomic mass is 79.9. The molecule has 0 fully saturated rings. The molecule has 0 aliphatic carbocycles. The number of amides is 1. The molecule has 1 N–H and O–H groups in total. The first-order valence-electron chi connectivity index (χ1n) is 5.73. The summed E-state index contributed by atoms with van der Waals surface area (Å²) in [5, 5.41) is 4.60. The molecule has 110 valence electrons. The number of rotatable bonds is 5. The van der Waals surface area contributed by atoms with Gasteiger partial charge in [-0.15, -0.1) is 11.3 Å². The second-order valence-corrected chi connectivity index (χ2v) is 6.35. The van der Waals surface area contributed by atoms with E-state index in [9.17, 15) is 9.59 Å². The number of pyridine rings is 1. The third kappa shape index (κ3) is 4.87. The maximum Gasteiger partial charge on any atom is 0.367 e. The Bertz CT molecular complexity index is 663. The first kappa shape index (κ1) is 16.1. The van der Waals surface area contributed by atoms with E-state index < -0.39 is 5.97 Å². The van der Waals surface area contributed by atoms with Crippen LogP contribution in [0.15, 0.2) is 32.9 Å². The Morgan fingerprint density at radius 2 is 2.14 bits per heavy atom. The minimum Gasteiger partial charge on any atom is -0.458 e. The maximum atomic E-state index is 11.8. The van der Waals surface area contributed by atoms with Crippen LogP contribution < -0.4 is 5.32 Å². The molecule has 6 nitrogen and oxygen atoms in total. The third-order valence-electron chi connectivity index (χ3n) is 2.24.